The van der Waals surface area contributed by atoms with Crippen molar-refractivity contribution in [2.45, 2.75) is 19.8 Å². The molecule has 1 aliphatic rings. The summed E-state index contributed by atoms with van der Waals surface area (Å²) in [7, 11) is 0. The molecule has 1 aromatic carbocycles. The molecule has 7 nitrogen and oxygen atoms in total. The van der Waals surface area contributed by atoms with E-state index in [0.29, 0.717) is 38.2 Å². The lowest BCUT2D eigenvalue weighted by Gasteiger charge is -2.32. The summed E-state index contributed by atoms with van der Waals surface area (Å²) >= 11 is 0. The van der Waals surface area contributed by atoms with E-state index in [1.807, 2.05) is 11.0 Å². The smallest absolute Gasteiger partial charge is 0.309 e. The van der Waals surface area contributed by atoms with Crippen molar-refractivity contribution in [1.82, 2.24) is 0 Å². The van der Waals surface area contributed by atoms with Crippen molar-refractivity contribution >= 4 is 17.3 Å². The van der Waals surface area contributed by atoms with E-state index in [-0.39, 0.29) is 23.1 Å². The standard InChI is InChI=1S/C15H17N3O4/c1-2-22-15(19)11-6-8-17(9-7-11)13-4-3-5-14(18(20)21)12(13)10-16/h3-5,11H,2,6-9H2,1H3. The van der Waals surface area contributed by atoms with Gasteiger partial charge in [0.2, 0.25) is 0 Å². The maximum atomic E-state index is 11.7. The van der Waals surface area contributed by atoms with Gasteiger partial charge >= 0.3 is 5.97 Å². The largest absolute Gasteiger partial charge is 0.466 e. The first-order chi connectivity index (χ1) is 10.6. The lowest BCUT2D eigenvalue weighted by Crippen LogP contribution is -2.37. The van der Waals surface area contributed by atoms with Gasteiger partial charge in [0.05, 0.1) is 23.1 Å². The number of hydrogen-bond donors (Lipinski definition) is 0. The first kappa shape index (κ1) is 15.8. The second-order valence-corrected chi connectivity index (χ2v) is 5.05. The zero-order chi connectivity index (χ0) is 16.1. The summed E-state index contributed by atoms with van der Waals surface area (Å²) in [6.07, 6.45) is 1.23. The number of piperidine rings is 1. The van der Waals surface area contributed by atoms with Crippen molar-refractivity contribution in [1.29, 1.82) is 5.26 Å². The molecular formula is C15H17N3O4. The van der Waals surface area contributed by atoms with Crippen molar-refractivity contribution in [3.8, 4) is 6.07 Å². The van der Waals surface area contributed by atoms with Crippen molar-refractivity contribution in [2.75, 3.05) is 24.6 Å². The fraction of sp³-hybridized carbons (Fsp3) is 0.467. The number of carbonyl (C=O) groups is 1. The van der Waals surface area contributed by atoms with Crippen LogP contribution in [0.25, 0.3) is 0 Å². The highest BCUT2D eigenvalue weighted by atomic mass is 16.6. The number of nitrogens with zero attached hydrogens (tertiary/aromatic N) is 3. The summed E-state index contributed by atoms with van der Waals surface area (Å²) in [5.41, 5.74) is 0.439. The SMILES string of the molecule is CCOC(=O)C1CCN(c2cccc([N+](=O)[O-])c2C#N)CC1. The topological polar surface area (TPSA) is 96.5 Å². The Morgan fingerprint density at radius 2 is 2.18 bits per heavy atom. The molecule has 116 valence electrons. The van der Waals surface area contributed by atoms with Gasteiger partial charge in [-0.15, -0.1) is 0 Å². The summed E-state index contributed by atoms with van der Waals surface area (Å²) in [6, 6.07) is 6.53. The van der Waals surface area contributed by atoms with Crippen molar-refractivity contribution in [3.63, 3.8) is 0 Å². The molecule has 0 aromatic heterocycles. The Bertz CT molecular complexity index is 616. The Morgan fingerprint density at radius 1 is 1.50 bits per heavy atom. The quantitative estimate of drug-likeness (QED) is 0.481. The zero-order valence-corrected chi connectivity index (χ0v) is 12.3. The minimum atomic E-state index is -0.548. The number of nitriles is 1. The third-order valence-electron chi connectivity index (χ3n) is 3.78. The van der Waals surface area contributed by atoms with Gasteiger partial charge in [-0.1, -0.05) is 6.07 Å². The Hall–Kier alpha value is -2.62. The van der Waals surface area contributed by atoms with Gasteiger partial charge in [-0.25, -0.2) is 0 Å². The first-order valence-electron chi connectivity index (χ1n) is 7.17. The number of ether oxygens (including phenoxy) is 1. The lowest BCUT2D eigenvalue weighted by molar-refractivity contribution is -0.385. The summed E-state index contributed by atoms with van der Waals surface area (Å²) in [6.45, 7) is 3.27. The number of nitro benzene ring substituents is 1. The van der Waals surface area contributed by atoms with Crippen LogP contribution in [-0.4, -0.2) is 30.6 Å². The zero-order valence-electron chi connectivity index (χ0n) is 12.3. The second kappa shape index (κ2) is 6.89. The molecule has 0 spiro atoms. The summed E-state index contributed by atoms with van der Waals surface area (Å²) in [4.78, 5) is 24.1. The van der Waals surface area contributed by atoms with Crippen molar-refractivity contribution < 1.29 is 14.5 Å². The summed E-state index contributed by atoms with van der Waals surface area (Å²) < 4.78 is 5.02. The number of anilines is 1. The van der Waals surface area contributed by atoms with E-state index in [1.54, 1.807) is 19.1 Å². The molecule has 0 aliphatic carbocycles. The fourth-order valence-electron chi connectivity index (χ4n) is 2.67. The van der Waals surface area contributed by atoms with E-state index in [1.165, 1.54) is 6.07 Å². The fourth-order valence-corrected chi connectivity index (χ4v) is 2.67. The van der Waals surface area contributed by atoms with Crippen LogP contribution >= 0.6 is 0 Å². The van der Waals surface area contributed by atoms with Crippen molar-refractivity contribution in [3.05, 3.63) is 33.9 Å². The molecule has 0 saturated carbocycles. The predicted octanol–water partition coefficient (Wildman–Crippen LogP) is 2.25. The van der Waals surface area contributed by atoms with Gasteiger partial charge < -0.3 is 9.64 Å². The highest BCUT2D eigenvalue weighted by molar-refractivity contribution is 5.73. The second-order valence-electron chi connectivity index (χ2n) is 5.05. The first-order valence-corrected chi connectivity index (χ1v) is 7.17. The summed E-state index contributed by atoms with van der Waals surface area (Å²) in [5, 5.41) is 20.2. The van der Waals surface area contributed by atoms with Gasteiger partial charge in [0, 0.05) is 19.2 Å². The molecule has 1 fully saturated rings. The monoisotopic (exact) mass is 303 g/mol. The van der Waals surface area contributed by atoms with E-state index >= 15 is 0 Å². The van der Waals surface area contributed by atoms with Crippen LogP contribution in [0.5, 0.6) is 0 Å². The Labute approximate surface area is 128 Å². The molecule has 0 N–H and O–H groups in total. The van der Waals surface area contributed by atoms with E-state index in [0.717, 1.165) is 0 Å². The number of benzene rings is 1. The number of carbonyl (C=O) groups excluding carboxylic acids is 1. The normalized spacial score (nSPS) is 15.2. The summed E-state index contributed by atoms with van der Waals surface area (Å²) in [5.74, 6) is -0.331. The van der Waals surface area contributed by atoms with Crippen LogP contribution in [0.2, 0.25) is 0 Å². The molecule has 2 rings (SSSR count). The third kappa shape index (κ3) is 3.17. The van der Waals surface area contributed by atoms with Crippen LogP contribution in [0, 0.1) is 27.4 Å². The van der Waals surface area contributed by atoms with Gasteiger partial charge in [-0.2, -0.15) is 5.26 Å². The molecule has 0 atom stereocenters. The average molecular weight is 303 g/mol. The lowest BCUT2D eigenvalue weighted by atomic mass is 9.96. The minimum absolute atomic E-state index is 0.0714. The van der Waals surface area contributed by atoms with Gasteiger partial charge in [-0.3, -0.25) is 14.9 Å². The van der Waals surface area contributed by atoms with Crippen LogP contribution < -0.4 is 4.90 Å². The molecule has 1 aromatic rings. The van der Waals surface area contributed by atoms with Crippen LogP contribution in [0.15, 0.2) is 18.2 Å². The van der Waals surface area contributed by atoms with E-state index < -0.39 is 4.92 Å². The van der Waals surface area contributed by atoms with E-state index in [4.69, 9.17) is 4.74 Å². The Balaban J connectivity index is 2.15. The van der Waals surface area contributed by atoms with Crippen LogP contribution in [-0.2, 0) is 9.53 Å². The number of rotatable bonds is 4. The third-order valence-corrected chi connectivity index (χ3v) is 3.78. The van der Waals surface area contributed by atoms with Crippen LogP contribution in [0.1, 0.15) is 25.3 Å². The van der Waals surface area contributed by atoms with E-state index in [9.17, 15) is 20.2 Å². The molecule has 7 heteroatoms. The molecule has 22 heavy (non-hydrogen) atoms. The van der Waals surface area contributed by atoms with Crippen LogP contribution in [0.3, 0.4) is 0 Å². The molecular weight excluding hydrogens is 286 g/mol. The highest BCUT2D eigenvalue weighted by Gasteiger charge is 2.28. The predicted molar refractivity (Wildman–Crippen MR) is 79.4 cm³/mol. The molecule has 0 bridgehead atoms. The molecule has 0 amide bonds. The van der Waals surface area contributed by atoms with E-state index in [2.05, 4.69) is 0 Å². The molecule has 0 unspecified atom stereocenters. The van der Waals surface area contributed by atoms with Gasteiger partial charge in [-0.05, 0) is 25.8 Å². The molecule has 1 heterocycles. The molecule has 0 radical (unpaired) electrons. The van der Waals surface area contributed by atoms with Crippen LogP contribution in [0.4, 0.5) is 11.4 Å². The van der Waals surface area contributed by atoms with Gasteiger partial charge in [0.15, 0.2) is 5.56 Å². The Kier molecular flexibility index (Phi) is 4.94. The maximum absolute atomic E-state index is 11.7. The average Bonchev–Trinajstić information content (AvgIpc) is 2.54. The minimum Gasteiger partial charge on any atom is -0.466 e. The van der Waals surface area contributed by atoms with Crippen molar-refractivity contribution in [2.24, 2.45) is 5.92 Å². The van der Waals surface area contributed by atoms with Gasteiger partial charge in [0.25, 0.3) is 5.69 Å². The molecule has 1 aliphatic heterocycles. The number of hydrogen-bond acceptors (Lipinski definition) is 6. The molecule has 1 saturated heterocycles. The highest BCUT2D eigenvalue weighted by Crippen LogP contribution is 2.31. The maximum Gasteiger partial charge on any atom is 0.309 e. The van der Waals surface area contributed by atoms with Gasteiger partial charge in [0.1, 0.15) is 6.07 Å². The Morgan fingerprint density at radius 3 is 2.73 bits per heavy atom. The number of nitro groups is 1. The number of esters is 1.